The highest BCUT2D eigenvalue weighted by Crippen LogP contribution is 2.32. The van der Waals surface area contributed by atoms with E-state index in [0.29, 0.717) is 31.9 Å². The van der Waals surface area contributed by atoms with Gasteiger partial charge in [-0.1, -0.05) is 12.1 Å². The van der Waals surface area contributed by atoms with Crippen molar-refractivity contribution in [2.24, 2.45) is 0 Å². The molecule has 1 fully saturated rings. The number of hydrogen-bond donors (Lipinski definition) is 1. The molecule has 1 saturated heterocycles. The van der Waals surface area contributed by atoms with Gasteiger partial charge < -0.3 is 19.9 Å². The fourth-order valence-electron chi connectivity index (χ4n) is 3.23. The van der Waals surface area contributed by atoms with Crippen LogP contribution in [0.3, 0.4) is 0 Å². The molecule has 0 spiro atoms. The van der Waals surface area contributed by atoms with E-state index in [1.54, 1.807) is 36.9 Å². The van der Waals surface area contributed by atoms with E-state index >= 15 is 0 Å². The zero-order valence-corrected chi connectivity index (χ0v) is 16.7. The number of esters is 1. The van der Waals surface area contributed by atoms with Crippen molar-refractivity contribution in [1.29, 1.82) is 0 Å². The Balaban J connectivity index is 1.74. The van der Waals surface area contributed by atoms with Crippen molar-refractivity contribution < 1.29 is 18.8 Å². The van der Waals surface area contributed by atoms with Crippen molar-refractivity contribution in [2.75, 3.05) is 47.8 Å². The third-order valence-corrected chi connectivity index (χ3v) is 4.53. The number of carbonyl (C=O) groups is 1. The molecular formula is C19H23FN6O4. The number of piperazine rings is 1. The van der Waals surface area contributed by atoms with Crippen molar-refractivity contribution in [3.8, 4) is 0 Å². The number of carbonyl (C=O) groups excluding carboxylic acids is 1. The predicted octanol–water partition coefficient (Wildman–Crippen LogP) is 2.21. The van der Waals surface area contributed by atoms with Crippen LogP contribution in [0.2, 0.25) is 0 Å². The second-order valence-corrected chi connectivity index (χ2v) is 6.97. The van der Waals surface area contributed by atoms with Crippen molar-refractivity contribution in [3.05, 3.63) is 46.5 Å². The topological polar surface area (TPSA) is 114 Å². The van der Waals surface area contributed by atoms with Gasteiger partial charge in [-0.3, -0.25) is 14.9 Å². The summed E-state index contributed by atoms with van der Waals surface area (Å²) in [7, 11) is 0. The van der Waals surface area contributed by atoms with Crippen LogP contribution in [0.5, 0.6) is 0 Å². The number of para-hydroxylation sites is 1. The Bertz CT molecular complexity index is 918. The standard InChI is InChI=1S/C19H23FN6O4/c1-13(2)30-16(27)11-21-18-17(26(28)29)19(23-12-22-18)25-9-7-24(8-10-25)15-6-4-3-5-14(15)20/h3-6,12-13H,7-11H2,1-2H3,(H,21,22,23). The maximum atomic E-state index is 14.0. The monoisotopic (exact) mass is 418 g/mol. The van der Waals surface area contributed by atoms with Gasteiger partial charge in [-0.05, 0) is 26.0 Å². The molecule has 0 bridgehead atoms. The number of halogens is 1. The summed E-state index contributed by atoms with van der Waals surface area (Å²) >= 11 is 0. The molecule has 0 unspecified atom stereocenters. The number of rotatable bonds is 7. The Labute approximate surface area is 172 Å². The molecule has 0 radical (unpaired) electrons. The molecule has 11 heteroatoms. The quantitative estimate of drug-likeness (QED) is 0.411. The molecular weight excluding hydrogens is 395 g/mol. The summed E-state index contributed by atoms with van der Waals surface area (Å²) in [4.78, 5) is 34.6. The largest absolute Gasteiger partial charge is 0.462 e. The highest BCUT2D eigenvalue weighted by atomic mass is 19.1. The lowest BCUT2D eigenvalue weighted by Crippen LogP contribution is -2.47. The normalized spacial score (nSPS) is 14.0. The zero-order chi connectivity index (χ0) is 21.7. The average molecular weight is 418 g/mol. The number of hydrogen-bond acceptors (Lipinski definition) is 9. The van der Waals surface area contributed by atoms with Crippen LogP contribution in [0.4, 0.5) is 27.4 Å². The molecule has 10 nitrogen and oxygen atoms in total. The van der Waals surface area contributed by atoms with Crippen molar-refractivity contribution in [2.45, 2.75) is 20.0 Å². The molecule has 1 aromatic carbocycles. The Morgan fingerprint density at radius 1 is 1.23 bits per heavy atom. The lowest BCUT2D eigenvalue weighted by Gasteiger charge is -2.36. The maximum absolute atomic E-state index is 14.0. The SMILES string of the molecule is CC(C)OC(=O)CNc1ncnc(N2CCN(c3ccccc3F)CC2)c1[N+](=O)[O-]. The third kappa shape index (κ3) is 4.91. The van der Waals surface area contributed by atoms with Crippen LogP contribution in [0.1, 0.15) is 13.8 Å². The van der Waals surface area contributed by atoms with Gasteiger partial charge in [-0.2, -0.15) is 0 Å². The molecule has 0 atom stereocenters. The lowest BCUT2D eigenvalue weighted by atomic mass is 10.2. The molecule has 1 aliphatic heterocycles. The van der Waals surface area contributed by atoms with E-state index in [1.807, 2.05) is 4.90 Å². The summed E-state index contributed by atoms with van der Waals surface area (Å²) in [6.45, 7) is 4.96. The van der Waals surface area contributed by atoms with Gasteiger partial charge in [0.05, 0.1) is 16.7 Å². The van der Waals surface area contributed by atoms with Gasteiger partial charge in [0.2, 0.25) is 11.6 Å². The van der Waals surface area contributed by atoms with E-state index in [0.717, 1.165) is 0 Å². The fraction of sp³-hybridized carbons (Fsp3) is 0.421. The maximum Gasteiger partial charge on any atom is 0.353 e. The molecule has 3 rings (SSSR count). The Kier molecular flexibility index (Phi) is 6.60. The summed E-state index contributed by atoms with van der Waals surface area (Å²) in [5.74, 6) is -0.748. The van der Waals surface area contributed by atoms with Crippen molar-refractivity contribution >= 4 is 29.0 Å². The highest BCUT2D eigenvalue weighted by molar-refractivity contribution is 5.78. The summed E-state index contributed by atoms with van der Waals surface area (Å²) < 4.78 is 19.1. The van der Waals surface area contributed by atoms with E-state index in [2.05, 4.69) is 15.3 Å². The number of aromatic nitrogens is 2. The second-order valence-electron chi connectivity index (χ2n) is 6.97. The molecule has 2 heterocycles. The molecule has 0 amide bonds. The summed E-state index contributed by atoms with van der Waals surface area (Å²) in [5, 5.41) is 14.4. The number of anilines is 3. The Morgan fingerprint density at radius 3 is 2.53 bits per heavy atom. The summed E-state index contributed by atoms with van der Waals surface area (Å²) in [5.41, 5.74) is 0.189. The van der Waals surface area contributed by atoms with Gasteiger partial charge in [0.1, 0.15) is 18.7 Å². The van der Waals surface area contributed by atoms with Crippen molar-refractivity contribution in [3.63, 3.8) is 0 Å². The summed E-state index contributed by atoms with van der Waals surface area (Å²) in [6, 6.07) is 6.50. The van der Waals surface area contributed by atoms with Crippen LogP contribution in [0, 0.1) is 15.9 Å². The Morgan fingerprint density at radius 2 is 1.90 bits per heavy atom. The molecule has 0 saturated carbocycles. The molecule has 160 valence electrons. The van der Waals surface area contributed by atoms with Gasteiger partial charge in [0.25, 0.3) is 0 Å². The van der Waals surface area contributed by atoms with Gasteiger partial charge >= 0.3 is 11.7 Å². The Hall–Kier alpha value is -3.50. The first-order valence-corrected chi connectivity index (χ1v) is 9.54. The van der Waals surface area contributed by atoms with Gasteiger partial charge in [-0.15, -0.1) is 0 Å². The van der Waals surface area contributed by atoms with Gasteiger partial charge in [0.15, 0.2) is 0 Å². The van der Waals surface area contributed by atoms with Crippen LogP contribution in [-0.2, 0) is 9.53 Å². The van der Waals surface area contributed by atoms with Crippen LogP contribution in [0.25, 0.3) is 0 Å². The van der Waals surface area contributed by atoms with Crippen LogP contribution >= 0.6 is 0 Å². The minimum Gasteiger partial charge on any atom is -0.462 e. The predicted molar refractivity (Wildman–Crippen MR) is 109 cm³/mol. The zero-order valence-electron chi connectivity index (χ0n) is 16.7. The van der Waals surface area contributed by atoms with E-state index in [9.17, 15) is 19.3 Å². The molecule has 1 N–H and O–H groups in total. The van der Waals surface area contributed by atoms with E-state index < -0.39 is 10.9 Å². The number of nitro groups is 1. The smallest absolute Gasteiger partial charge is 0.353 e. The average Bonchev–Trinajstić information content (AvgIpc) is 2.72. The lowest BCUT2D eigenvalue weighted by molar-refractivity contribution is -0.383. The number of nitrogens with one attached hydrogen (secondary N) is 1. The van der Waals surface area contributed by atoms with Gasteiger partial charge in [0, 0.05) is 26.2 Å². The van der Waals surface area contributed by atoms with Gasteiger partial charge in [-0.25, -0.2) is 14.4 Å². The molecule has 0 aliphatic carbocycles. The fourth-order valence-corrected chi connectivity index (χ4v) is 3.23. The molecule has 30 heavy (non-hydrogen) atoms. The number of nitrogens with zero attached hydrogens (tertiary/aromatic N) is 5. The first-order chi connectivity index (χ1) is 14.4. The minimum absolute atomic E-state index is 0.0535. The van der Waals surface area contributed by atoms with Crippen LogP contribution in [-0.4, -0.2) is 59.7 Å². The van der Waals surface area contributed by atoms with Crippen LogP contribution in [0.15, 0.2) is 30.6 Å². The van der Waals surface area contributed by atoms with E-state index in [4.69, 9.17) is 4.74 Å². The highest BCUT2D eigenvalue weighted by Gasteiger charge is 2.30. The summed E-state index contributed by atoms with van der Waals surface area (Å²) in [6.07, 6.45) is 0.919. The van der Waals surface area contributed by atoms with E-state index in [-0.39, 0.29) is 35.8 Å². The number of ether oxygens (including phenoxy) is 1. The van der Waals surface area contributed by atoms with E-state index in [1.165, 1.54) is 12.4 Å². The molecule has 1 aromatic heterocycles. The molecule has 1 aliphatic rings. The molecule has 2 aromatic rings. The second kappa shape index (κ2) is 9.33. The first-order valence-electron chi connectivity index (χ1n) is 9.54. The number of benzene rings is 1. The van der Waals surface area contributed by atoms with Crippen LogP contribution < -0.4 is 15.1 Å². The first kappa shape index (κ1) is 21.2. The minimum atomic E-state index is -0.575. The van der Waals surface area contributed by atoms with Crippen molar-refractivity contribution in [1.82, 2.24) is 9.97 Å². The third-order valence-electron chi connectivity index (χ3n) is 4.53.